The molecule has 0 atom stereocenters. The van der Waals surface area contributed by atoms with E-state index >= 15 is 0 Å². The molecule has 0 saturated carbocycles. The molecule has 27 heavy (non-hydrogen) atoms. The minimum Gasteiger partial charge on any atom is -0.395 e. The van der Waals surface area contributed by atoms with Crippen LogP contribution in [-0.4, -0.2) is 83.4 Å². The van der Waals surface area contributed by atoms with Crippen LogP contribution in [0.4, 0.5) is 5.69 Å². The summed E-state index contributed by atoms with van der Waals surface area (Å²) >= 11 is 0. The molecule has 0 spiro atoms. The van der Waals surface area contributed by atoms with Gasteiger partial charge in [0.05, 0.1) is 24.4 Å². The first kappa shape index (κ1) is 19.1. The number of hydrogen-bond donors (Lipinski definition) is 2. The number of aliphatic hydroxyl groups excluding tert-OH is 1. The molecule has 0 unspecified atom stereocenters. The zero-order valence-electron chi connectivity index (χ0n) is 15.4. The number of carbonyl (C=O) groups is 3. The third kappa shape index (κ3) is 4.01. The highest BCUT2D eigenvalue weighted by atomic mass is 16.3. The molecule has 0 bridgehead atoms. The van der Waals surface area contributed by atoms with Crippen molar-refractivity contribution >= 4 is 23.4 Å². The van der Waals surface area contributed by atoms with Crippen molar-refractivity contribution in [3.8, 4) is 0 Å². The van der Waals surface area contributed by atoms with E-state index in [0.29, 0.717) is 24.3 Å². The highest BCUT2D eigenvalue weighted by Crippen LogP contribution is 2.22. The predicted molar refractivity (Wildman–Crippen MR) is 100.0 cm³/mol. The molecule has 1 saturated heterocycles. The number of aliphatic hydroxyl groups is 1. The summed E-state index contributed by atoms with van der Waals surface area (Å²) in [4.78, 5) is 42.2. The van der Waals surface area contributed by atoms with E-state index < -0.39 is 11.8 Å². The third-order valence-corrected chi connectivity index (χ3v) is 4.87. The van der Waals surface area contributed by atoms with Gasteiger partial charge < -0.3 is 20.2 Å². The van der Waals surface area contributed by atoms with Crippen LogP contribution in [-0.2, 0) is 9.59 Å². The molecule has 1 aromatic carbocycles. The molecule has 2 aliphatic rings. The summed E-state index contributed by atoms with van der Waals surface area (Å²) in [7, 11) is 0. The number of nitrogens with one attached hydrogen (secondary N) is 1. The molecule has 0 aliphatic carbocycles. The lowest BCUT2D eigenvalue weighted by atomic mass is 10.1. The number of amides is 3. The smallest absolute Gasteiger partial charge is 0.277 e. The number of para-hydroxylation sites is 1. The van der Waals surface area contributed by atoms with Gasteiger partial charge in [0.25, 0.3) is 17.7 Å². The summed E-state index contributed by atoms with van der Waals surface area (Å²) in [6.07, 6.45) is 1.19. The summed E-state index contributed by atoms with van der Waals surface area (Å²) in [5.41, 5.74) is 1.05. The quantitative estimate of drug-likeness (QED) is 0.689. The summed E-state index contributed by atoms with van der Waals surface area (Å²) in [5, 5.41) is 11.9. The molecule has 0 radical (unpaired) electrons. The number of β-amino-alcohol motifs (C(OH)–C–C–N with tert-alkyl or cyclic N) is 1. The van der Waals surface area contributed by atoms with Crippen LogP contribution in [0.15, 0.2) is 36.0 Å². The van der Waals surface area contributed by atoms with Crippen LogP contribution in [0.2, 0.25) is 0 Å². The second kappa shape index (κ2) is 8.32. The average molecular weight is 372 g/mol. The zero-order valence-corrected chi connectivity index (χ0v) is 15.4. The largest absolute Gasteiger partial charge is 0.395 e. The Labute approximate surface area is 158 Å². The van der Waals surface area contributed by atoms with E-state index in [2.05, 4.69) is 17.1 Å². The zero-order chi connectivity index (χ0) is 19.4. The van der Waals surface area contributed by atoms with Crippen LogP contribution in [0.1, 0.15) is 17.3 Å². The second-order valence-corrected chi connectivity index (χ2v) is 6.47. The highest BCUT2D eigenvalue weighted by molar-refractivity contribution is 6.17. The minimum atomic E-state index is -0.507. The first-order valence-electron chi connectivity index (χ1n) is 9.11. The Morgan fingerprint density at radius 1 is 1.15 bits per heavy atom. The summed E-state index contributed by atoms with van der Waals surface area (Å²) in [6, 6.07) is 6.96. The number of piperazine rings is 1. The molecule has 2 heterocycles. The molecule has 2 aliphatic heterocycles. The number of likely N-dealkylation sites (N-methyl/N-ethyl adjacent to an activating group) is 1. The number of imide groups is 1. The summed E-state index contributed by atoms with van der Waals surface area (Å²) < 4.78 is 0. The van der Waals surface area contributed by atoms with Gasteiger partial charge in [-0.25, -0.2) is 0 Å². The van der Waals surface area contributed by atoms with E-state index in [-0.39, 0.29) is 24.8 Å². The fourth-order valence-corrected chi connectivity index (χ4v) is 3.27. The lowest BCUT2D eigenvalue weighted by Crippen LogP contribution is -2.48. The van der Waals surface area contributed by atoms with Gasteiger partial charge >= 0.3 is 0 Å². The van der Waals surface area contributed by atoms with Crippen molar-refractivity contribution in [1.82, 2.24) is 14.7 Å². The van der Waals surface area contributed by atoms with Crippen molar-refractivity contribution < 1.29 is 19.5 Å². The number of hydrogen-bond acceptors (Lipinski definition) is 6. The molecule has 8 heteroatoms. The summed E-state index contributed by atoms with van der Waals surface area (Å²) in [5.74, 6) is -1.08. The van der Waals surface area contributed by atoms with E-state index in [1.165, 1.54) is 6.08 Å². The maximum absolute atomic E-state index is 13.0. The Kier molecular flexibility index (Phi) is 5.88. The van der Waals surface area contributed by atoms with Gasteiger partial charge in [0.2, 0.25) is 0 Å². The van der Waals surface area contributed by atoms with Gasteiger partial charge in [-0.1, -0.05) is 19.1 Å². The molecule has 144 valence electrons. The number of carbonyl (C=O) groups excluding carboxylic acids is 3. The maximum atomic E-state index is 13.0. The van der Waals surface area contributed by atoms with Crippen molar-refractivity contribution in [2.45, 2.75) is 6.92 Å². The maximum Gasteiger partial charge on any atom is 0.277 e. The first-order valence-corrected chi connectivity index (χ1v) is 9.11. The van der Waals surface area contributed by atoms with Gasteiger partial charge in [0.1, 0.15) is 5.70 Å². The monoisotopic (exact) mass is 372 g/mol. The van der Waals surface area contributed by atoms with E-state index in [4.69, 9.17) is 5.11 Å². The number of nitrogens with zero attached hydrogens (tertiary/aromatic N) is 3. The molecule has 0 aromatic heterocycles. The molecule has 2 N–H and O–H groups in total. The third-order valence-electron chi connectivity index (χ3n) is 4.87. The van der Waals surface area contributed by atoms with Crippen molar-refractivity contribution in [2.24, 2.45) is 0 Å². The SMILES string of the molecule is CCN1CCN(C(=O)c2ccccc2NC2=CC(=O)N(CCO)C2=O)CC1. The fourth-order valence-electron chi connectivity index (χ4n) is 3.27. The first-order chi connectivity index (χ1) is 13.0. The minimum absolute atomic E-state index is 0.0539. The summed E-state index contributed by atoms with van der Waals surface area (Å²) in [6.45, 7) is 5.72. The van der Waals surface area contributed by atoms with Crippen molar-refractivity contribution in [3.05, 3.63) is 41.6 Å². The Hall–Kier alpha value is -2.71. The number of benzene rings is 1. The van der Waals surface area contributed by atoms with Gasteiger partial charge in [-0.2, -0.15) is 0 Å². The Morgan fingerprint density at radius 3 is 2.52 bits per heavy atom. The molecule has 3 amide bonds. The van der Waals surface area contributed by atoms with Gasteiger partial charge in [-0.05, 0) is 18.7 Å². The standard InChI is InChI=1S/C19H24N4O4/c1-2-21-7-9-22(10-8-21)18(26)14-5-3-4-6-15(14)20-16-13-17(25)23(11-12-24)19(16)27/h3-6,13,20,24H,2,7-12H2,1H3. The lowest BCUT2D eigenvalue weighted by molar-refractivity contribution is -0.137. The van der Waals surface area contributed by atoms with Crippen LogP contribution < -0.4 is 5.32 Å². The van der Waals surface area contributed by atoms with E-state index in [1.54, 1.807) is 29.2 Å². The van der Waals surface area contributed by atoms with Crippen molar-refractivity contribution in [1.29, 1.82) is 0 Å². The normalized spacial score (nSPS) is 18.1. The molecule has 3 rings (SSSR count). The Bertz CT molecular complexity index is 769. The van der Waals surface area contributed by atoms with Crippen LogP contribution in [0.3, 0.4) is 0 Å². The number of rotatable bonds is 6. The molecule has 1 fully saturated rings. The molecule has 1 aromatic rings. The van der Waals surface area contributed by atoms with Crippen molar-refractivity contribution in [3.63, 3.8) is 0 Å². The van der Waals surface area contributed by atoms with Gasteiger partial charge in [-0.15, -0.1) is 0 Å². The molecular weight excluding hydrogens is 348 g/mol. The highest BCUT2D eigenvalue weighted by Gasteiger charge is 2.31. The van der Waals surface area contributed by atoms with E-state index in [9.17, 15) is 14.4 Å². The van der Waals surface area contributed by atoms with Crippen molar-refractivity contribution in [2.75, 3.05) is 51.2 Å². The van der Waals surface area contributed by atoms with Gasteiger partial charge in [0.15, 0.2) is 0 Å². The van der Waals surface area contributed by atoms with Crippen LogP contribution in [0, 0.1) is 0 Å². The second-order valence-electron chi connectivity index (χ2n) is 6.47. The number of anilines is 1. The predicted octanol–water partition coefficient (Wildman–Crippen LogP) is 0.121. The van der Waals surface area contributed by atoms with Crippen LogP contribution in [0.5, 0.6) is 0 Å². The molecule has 8 nitrogen and oxygen atoms in total. The lowest BCUT2D eigenvalue weighted by Gasteiger charge is -2.34. The Morgan fingerprint density at radius 2 is 1.85 bits per heavy atom. The topological polar surface area (TPSA) is 93.2 Å². The van der Waals surface area contributed by atoms with Gasteiger partial charge in [0, 0.05) is 32.3 Å². The van der Waals surface area contributed by atoms with E-state index in [0.717, 1.165) is 24.5 Å². The van der Waals surface area contributed by atoms with Crippen LogP contribution in [0.25, 0.3) is 0 Å². The van der Waals surface area contributed by atoms with Crippen LogP contribution >= 0.6 is 0 Å². The average Bonchev–Trinajstić information content (AvgIpc) is 2.96. The Balaban J connectivity index is 1.75. The van der Waals surface area contributed by atoms with E-state index in [1.807, 2.05) is 0 Å². The molecular formula is C19H24N4O4. The fraction of sp³-hybridized carbons (Fsp3) is 0.421. The van der Waals surface area contributed by atoms with Gasteiger partial charge in [-0.3, -0.25) is 19.3 Å².